The molecule has 0 amide bonds. The Kier molecular flexibility index (Phi) is 7.04. The van der Waals surface area contributed by atoms with Gasteiger partial charge in [0.25, 0.3) is 0 Å². The molecule has 0 heterocycles. The van der Waals surface area contributed by atoms with Gasteiger partial charge in [-0.25, -0.2) is 0 Å². The lowest BCUT2D eigenvalue weighted by Gasteiger charge is -2.29. The Labute approximate surface area is 207 Å². The molecule has 0 saturated carbocycles. The van der Waals surface area contributed by atoms with E-state index in [-0.39, 0.29) is 17.6 Å². The second kappa shape index (κ2) is 9.68. The molecule has 2 unspecified atom stereocenters. The summed E-state index contributed by atoms with van der Waals surface area (Å²) in [6.07, 6.45) is 11.9. The fraction of sp³-hybridized carbons (Fsp3) is 0.485. The summed E-state index contributed by atoms with van der Waals surface area (Å²) in [7, 11) is 0. The molecule has 0 bridgehead atoms. The second-order valence-corrected chi connectivity index (χ2v) is 12.3. The summed E-state index contributed by atoms with van der Waals surface area (Å²) in [5.74, 6) is 0.0790. The molecule has 180 valence electrons. The van der Waals surface area contributed by atoms with Crippen LogP contribution in [0, 0.1) is 10.8 Å². The van der Waals surface area contributed by atoms with Crippen molar-refractivity contribution in [2.75, 3.05) is 0 Å². The van der Waals surface area contributed by atoms with Crippen molar-refractivity contribution in [3.63, 3.8) is 0 Å². The normalized spacial score (nSPS) is 21.2. The van der Waals surface area contributed by atoms with Crippen molar-refractivity contribution in [3.8, 4) is 0 Å². The maximum Gasteiger partial charge on any atom is 0.147 e. The zero-order valence-corrected chi connectivity index (χ0v) is 22.1. The van der Waals surface area contributed by atoms with E-state index in [1.54, 1.807) is 0 Å². The van der Waals surface area contributed by atoms with Crippen LogP contribution in [0.5, 0.6) is 0 Å². The fourth-order valence-electron chi connectivity index (χ4n) is 5.35. The summed E-state index contributed by atoms with van der Waals surface area (Å²) in [4.78, 5) is 13.3. The molecule has 2 aromatic carbocycles. The zero-order chi connectivity index (χ0) is 24.5. The van der Waals surface area contributed by atoms with Crippen molar-refractivity contribution in [1.29, 1.82) is 0 Å². The van der Waals surface area contributed by atoms with E-state index in [0.717, 1.165) is 36.8 Å². The third-order valence-electron chi connectivity index (χ3n) is 8.36. The molecule has 0 spiro atoms. The maximum atomic E-state index is 13.3. The topological polar surface area (TPSA) is 17.1 Å². The zero-order valence-electron chi connectivity index (χ0n) is 22.1. The van der Waals surface area contributed by atoms with E-state index in [1.165, 1.54) is 35.1 Å². The SMILES string of the molecule is CC(C(=O)C(C)c1ccc(C2=CCC(C)(C)CC2)cc1)c1ccc(C2=CCC(C)(C)CC2)cc1. The summed E-state index contributed by atoms with van der Waals surface area (Å²) in [6.45, 7) is 13.5. The average Bonchev–Trinajstić information content (AvgIpc) is 2.83. The smallest absolute Gasteiger partial charge is 0.147 e. The van der Waals surface area contributed by atoms with Gasteiger partial charge in [0.15, 0.2) is 0 Å². The van der Waals surface area contributed by atoms with Crippen LogP contribution in [0.1, 0.15) is 114 Å². The molecule has 0 saturated heterocycles. The number of allylic oxidation sites excluding steroid dienone is 4. The highest BCUT2D eigenvalue weighted by Crippen LogP contribution is 2.39. The first-order valence-electron chi connectivity index (χ1n) is 13.2. The maximum absolute atomic E-state index is 13.3. The van der Waals surface area contributed by atoms with Crippen molar-refractivity contribution in [1.82, 2.24) is 0 Å². The number of benzene rings is 2. The van der Waals surface area contributed by atoms with Gasteiger partial charge in [0, 0.05) is 11.8 Å². The highest BCUT2D eigenvalue weighted by Gasteiger charge is 2.25. The Morgan fingerprint density at radius 3 is 1.29 bits per heavy atom. The number of hydrogen-bond donors (Lipinski definition) is 0. The minimum atomic E-state index is -0.105. The molecule has 2 atom stereocenters. The molecule has 0 aromatic heterocycles. The minimum Gasteiger partial charge on any atom is -0.298 e. The number of ketones is 1. The van der Waals surface area contributed by atoms with Gasteiger partial charge in [-0.15, -0.1) is 0 Å². The van der Waals surface area contributed by atoms with E-state index in [2.05, 4.69) is 102 Å². The Bertz CT molecular complexity index is 989. The molecule has 2 aliphatic rings. The number of carbonyl (C=O) groups is 1. The van der Waals surface area contributed by atoms with Crippen LogP contribution in [0.2, 0.25) is 0 Å². The fourth-order valence-corrected chi connectivity index (χ4v) is 5.35. The van der Waals surface area contributed by atoms with Crippen molar-refractivity contribution in [3.05, 3.63) is 82.9 Å². The van der Waals surface area contributed by atoms with E-state index in [0.29, 0.717) is 10.8 Å². The van der Waals surface area contributed by atoms with Crippen LogP contribution in [0.15, 0.2) is 60.7 Å². The molecule has 2 aliphatic carbocycles. The van der Waals surface area contributed by atoms with Crippen molar-refractivity contribution in [2.24, 2.45) is 10.8 Å². The van der Waals surface area contributed by atoms with Gasteiger partial charge >= 0.3 is 0 Å². The van der Waals surface area contributed by atoms with Gasteiger partial charge < -0.3 is 0 Å². The van der Waals surface area contributed by atoms with Gasteiger partial charge in [-0.05, 0) is 82.8 Å². The first-order chi connectivity index (χ1) is 16.0. The van der Waals surface area contributed by atoms with Crippen molar-refractivity contribution in [2.45, 2.75) is 91.9 Å². The molecular formula is C33H42O. The largest absolute Gasteiger partial charge is 0.298 e. The third kappa shape index (κ3) is 5.62. The first kappa shape index (κ1) is 24.7. The molecule has 2 aromatic rings. The summed E-state index contributed by atoms with van der Waals surface area (Å²) < 4.78 is 0. The van der Waals surface area contributed by atoms with Crippen molar-refractivity contribution >= 4 is 16.9 Å². The number of carbonyl (C=O) groups excluding carboxylic acids is 1. The Balaban J connectivity index is 1.41. The number of rotatable bonds is 6. The van der Waals surface area contributed by atoms with Crippen LogP contribution in [-0.2, 0) is 4.79 Å². The van der Waals surface area contributed by atoms with Crippen LogP contribution in [0.25, 0.3) is 11.1 Å². The lowest BCUT2D eigenvalue weighted by molar-refractivity contribution is -0.121. The summed E-state index contributed by atoms with van der Waals surface area (Å²) in [5.41, 5.74) is 8.59. The van der Waals surface area contributed by atoms with E-state index in [1.807, 2.05) is 0 Å². The summed E-state index contributed by atoms with van der Waals surface area (Å²) >= 11 is 0. The molecule has 1 nitrogen and oxygen atoms in total. The Hall–Kier alpha value is -2.41. The molecule has 0 N–H and O–H groups in total. The highest BCUT2D eigenvalue weighted by molar-refractivity contribution is 5.91. The van der Waals surface area contributed by atoms with Gasteiger partial charge in [0.05, 0.1) is 0 Å². The second-order valence-electron chi connectivity index (χ2n) is 12.3. The first-order valence-corrected chi connectivity index (χ1v) is 13.2. The van der Waals surface area contributed by atoms with E-state index < -0.39 is 0 Å². The average molecular weight is 455 g/mol. The lowest BCUT2D eigenvalue weighted by Crippen LogP contribution is -2.17. The Morgan fingerprint density at radius 2 is 1.00 bits per heavy atom. The predicted molar refractivity (Wildman–Crippen MR) is 146 cm³/mol. The molecule has 0 fully saturated rings. The monoisotopic (exact) mass is 454 g/mol. The molecule has 1 heteroatoms. The number of Topliss-reactive ketones (excluding diaryl/α,β-unsaturated/α-hetero) is 1. The van der Waals surface area contributed by atoms with Crippen LogP contribution >= 0.6 is 0 Å². The van der Waals surface area contributed by atoms with Gasteiger partial charge in [0.2, 0.25) is 0 Å². The van der Waals surface area contributed by atoms with E-state index >= 15 is 0 Å². The summed E-state index contributed by atoms with van der Waals surface area (Å²) in [6, 6.07) is 17.5. The molecule has 0 aliphatic heterocycles. The highest BCUT2D eigenvalue weighted by atomic mass is 16.1. The van der Waals surface area contributed by atoms with E-state index in [4.69, 9.17) is 0 Å². The van der Waals surface area contributed by atoms with Crippen LogP contribution in [0.4, 0.5) is 0 Å². The number of hydrogen-bond acceptors (Lipinski definition) is 1. The predicted octanol–water partition coefficient (Wildman–Crippen LogP) is 9.35. The van der Waals surface area contributed by atoms with Gasteiger partial charge in [-0.3, -0.25) is 4.79 Å². The third-order valence-corrected chi connectivity index (χ3v) is 8.36. The van der Waals surface area contributed by atoms with Crippen LogP contribution in [0.3, 0.4) is 0 Å². The lowest BCUT2D eigenvalue weighted by atomic mass is 9.76. The van der Waals surface area contributed by atoms with Crippen LogP contribution < -0.4 is 0 Å². The standard InChI is InChI=1S/C33H42O/c1-23(25-7-11-27(12-8-25)29-15-19-32(3,4)20-16-29)31(34)24(2)26-9-13-28(14-10-26)30-17-21-33(5,6)22-18-30/h7-15,17,23-24H,16,18-22H2,1-6H3. The minimum absolute atomic E-state index is 0.105. The molecule has 34 heavy (non-hydrogen) atoms. The molecule has 4 rings (SSSR count). The van der Waals surface area contributed by atoms with Gasteiger partial charge in [-0.2, -0.15) is 0 Å². The Morgan fingerprint density at radius 1 is 0.647 bits per heavy atom. The molecular weight excluding hydrogens is 412 g/mol. The van der Waals surface area contributed by atoms with Gasteiger partial charge in [0.1, 0.15) is 5.78 Å². The summed E-state index contributed by atoms with van der Waals surface area (Å²) in [5, 5.41) is 0. The van der Waals surface area contributed by atoms with Gasteiger partial charge in [-0.1, -0.05) is 102 Å². The van der Waals surface area contributed by atoms with E-state index in [9.17, 15) is 4.79 Å². The molecule has 0 radical (unpaired) electrons. The van der Waals surface area contributed by atoms with Crippen LogP contribution in [-0.4, -0.2) is 5.78 Å². The quantitative estimate of drug-likeness (QED) is 0.425. The van der Waals surface area contributed by atoms with Crippen molar-refractivity contribution < 1.29 is 4.79 Å².